The molecule has 0 N–H and O–H groups in total. The van der Waals surface area contributed by atoms with E-state index in [0.29, 0.717) is 24.6 Å². The van der Waals surface area contributed by atoms with Crippen LogP contribution in [0.15, 0.2) is 59.6 Å². The number of nitrogens with zero attached hydrogens (tertiary/aromatic N) is 4. The van der Waals surface area contributed by atoms with Crippen LogP contribution in [0.5, 0.6) is 0 Å². The molecular weight excluding hydrogens is 304 g/mol. The normalized spacial score (nSPS) is 20.5. The van der Waals surface area contributed by atoms with E-state index in [1.54, 1.807) is 0 Å². The van der Waals surface area contributed by atoms with Crippen molar-refractivity contribution in [2.24, 2.45) is 7.05 Å². The molecule has 0 aliphatic carbocycles. The van der Waals surface area contributed by atoms with E-state index in [9.17, 15) is 4.79 Å². The Morgan fingerprint density at radius 2 is 1.92 bits per heavy atom. The lowest BCUT2D eigenvalue weighted by molar-refractivity contribution is 0.0779. The summed E-state index contributed by atoms with van der Waals surface area (Å²) in [6.07, 6.45) is 3.23. The topological polar surface area (TPSA) is 64.2 Å². The van der Waals surface area contributed by atoms with E-state index in [2.05, 4.69) is 22.3 Å². The highest BCUT2D eigenvalue weighted by molar-refractivity contribution is 5.93. The standard InChI is InChI=1S/C18H18N4O2/c1-21-9-5-8-16(21)18(23)22-10-14(13-6-3-2-4-7-13)15(11-22)17-19-12-24-20-17/h2-9,12,14-15H,10-11H2,1H3/t14-,15+/m1/s1. The van der Waals surface area contributed by atoms with Gasteiger partial charge in [0.15, 0.2) is 5.82 Å². The van der Waals surface area contributed by atoms with Crippen LogP contribution in [0.25, 0.3) is 0 Å². The summed E-state index contributed by atoms with van der Waals surface area (Å²) in [7, 11) is 1.88. The Bertz CT molecular complexity index is 826. The molecule has 6 nitrogen and oxygen atoms in total. The second-order valence-corrected chi connectivity index (χ2v) is 6.13. The molecular formula is C18H18N4O2. The van der Waals surface area contributed by atoms with Crippen molar-refractivity contribution in [2.75, 3.05) is 13.1 Å². The molecule has 0 unspecified atom stereocenters. The molecule has 3 heterocycles. The van der Waals surface area contributed by atoms with Crippen molar-refractivity contribution >= 4 is 5.91 Å². The monoisotopic (exact) mass is 322 g/mol. The van der Waals surface area contributed by atoms with E-state index >= 15 is 0 Å². The number of hydrogen-bond donors (Lipinski definition) is 0. The first kappa shape index (κ1) is 14.7. The molecule has 0 spiro atoms. The Hall–Kier alpha value is -2.89. The van der Waals surface area contributed by atoms with Gasteiger partial charge in [0.1, 0.15) is 5.69 Å². The number of carbonyl (C=O) groups excluding carboxylic acids is 1. The summed E-state index contributed by atoms with van der Waals surface area (Å²) >= 11 is 0. The Labute approximate surface area is 139 Å². The highest BCUT2D eigenvalue weighted by atomic mass is 16.5. The summed E-state index contributed by atoms with van der Waals surface area (Å²) in [5, 5.41) is 4.02. The first-order chi connectivity index (χ1) is 11.7. The van der Waals surface area contributed by atoms with Gasteiger partial charge in [-0.1, -0.05) is 35.5 Å². The van der Waals surface area contributed by atoms with Crippen LogP contribution in [0.2, 0.25) is 0 Å². The molecule has 0 saturated carbocycles. The van der Waals surface area contributed by atoms with Gasteiger partial charge in [-0.15, -0.1) is 0 Å². The van der Waals surface area contributed by atoms with Crippen molar-refractivity contribution in [3.8, 4) is 0 Å². The molecule has 0 radical (unpaired) electrons. The van der Waals surface area contributed by atoms with Gasteiger partial charge < -0.3 is 14.0 Å². The van der Waals surface area contributed by atoms with E-state index in [0.717, 1.165) is 0 Å². The summed E-state index contributed by atoms with van der Waals surface area (Å²) in [4.78, 5) is 19.0. The predicted octanol–water partition coefficient (Wildman–Crippen LogP) is 2.43. The molecule has 1 aromatic carbocycles. The zero-order valence-electron chi connectivity index (χ0n) is 13.4. The summed E-state index contributed by atoms with van der Waals surface area (Å²) in [5.41, 5.74) is 1.88. The summed E-state index contributed by atoms with van der Waals surface area (Å²) in [6.45, 7) is 1.23. The lowest BCUT2D eigenvalue weighted by atomic mass is 9.88. The average molecular weight is 322 g/mol. The van der Waals surface area contributed by atoms with Crippen LogP contribution in [-0.4, -0.2) is 38.6 Å². The van der Waals surface area contributed by atoms with Crippen LogP contribution in [0.4, 0.5) is 0 Å². The van der Waals surface area contributed by atoms with Crippen molar-refractivity contribution in [1.29, 1.82) is 0 Å². The van der Waals surface area contributed by atoms with Gasteiger partial charge in [0.25, 0.3) is 5.91 Å². The molecule has 1 aliphatic rings. The number of aromatic nitrogens is 3. The quantitative estimate of drug-likeness (QED) is 0.743. The molecule has 0 bridgehead atoms. The van der Waals surface area contributed by atoms with Crippen molar-refractivity contribution in [3.63, 3.8) is 0 Å². The molecule has 3 aromatic rings. The van der Waals surface area contributed by atoms with Crippen LogP contribution in [-0.2, 0) is 7.05 Å². The number of benzene rings is 1. The van der Waals surface area contributed by atoms with E-state index in [1.165, 1.54) is 12.0 Å². The Kier molecular flexibility index (Phi) is 3.65. The van der Waals surface area contributed by atoms with Gasteiger partial charge in [-0.2, -0.15) is 4.98 Å². The first-order valence-electron chi connectivity index (χ1n) is 7.96. The van der Waals surface area contributed by atoms with Crippen LogP contribution < -0.4 is 0 Å². The van der Waals surface area contributed by atoms with E-state index < -0.39 is 0 Å². The minimum absolute atomic E-state index is 0.0365. The largest absolute Gasteiger partial charge is 0.347 e. The first-order valence-corrected chi connectivity index (χ1v) is 7.96. The highest BCUT2D eigenvalue weighted by Gasteiger charge is 2.39. The summed E-state index contributed by atoms with van der Waals surface area (Å²) in [5.74, 6) is 0.892. The highest BCUT2D eigenvalue weighted by Crippen LogP contribution is 2.38. The number of hydrogen-bond acceptors (Lipinski definition) is 4. The molecule has 1 fully saturated rings. The molecule has 1 saturated heterocycles. The van der Waals surface area contributed by atoms with Crippen LogP contribution >= 0.6 is 0 Å². The van der Waals surface area contributed by atoms with Crippen molar-refractivity contribution in [1.82, 2.24) is 19.6 Å². The molecule has 4 rings (SSSR count). The van der Waals surface area contributed by atoms with Crippen molar-refractivity contribution < 1.29 is 9.32 Å². The summed E-state index contributed by atoms with van der Waals surface area (Å²) in [6, 6.07) is 13.9. The zero-order valence-corrected chi connectivity index (χ0v) is 13.4. The maximum atomic E-state index is 12.9. The van der Waals surface area contributed by atoms with E-state index in [1.807, 2.05) is 53.0 Å². The second kappa shape index (κ2) is 5.96. The minimum atomic E-state index is 0.0365. The maximum absolute atomic E-state index is 12.9. The molecule has 6 heteroatoms. The number of amides is 1. The van der Waals surface area contributed by atoms with Gasteiger partial charge in [-0.25, -0.2) is 0 Å². The molecule has 2 aromatic heterocycles. The molecule has 122 valence electrons. The number of aryl methyl sites for hydroxylation is 1. The third-order valence-electron chi connectivity index (χ3n) is 4.71. The Morgan fingerprint density at radius 1 is 1.12 bits per heavy atom. The SMILES string of the molecule is Cn1cccc1C(=O)N1C[C@H](c2ccccc2)[C@@H](c2ncon2)C1. The molecule has 2 atom stereocenters. The van der Waals surface area contributed by atoms with Gasteiger partial charge in [0.2, 0.25) is 6.39 Å². The van der Waals surface area contributed by atoms with E-state index in [-0.39, 0.29) is 17.7 Å². The average Bonchev–Trinajstić information content (AvgIpc) is 3.35. The Balaban J connectivity index is 1.66. The number of likely N-dealkylation sites (tertiary alicyclic amines) is 1. The van der Waals surface area contributed by atoms with Crippen molar-refractivity contribution in [2.45, 2.75) is 11.8 Å². The smallest absolute Gasteiger partial charge is 0.270 e. The molecule has 1 amide bonds. The van der Waals surface area contributed by atoms with Gasteiger partial charge in [0, 0.05) is 38.2 Å². The van der Waals surface area contributed by atoms with Crippen molar-refractivity contribution in [3.05, 3.63) is 72.1 Å². The molecule has 24 heavy (non-hydrogen) atoms. The second-order valence-electron chi connectivity index (χ2n) is 6.13. The van der Waals surface area contributed by atoms with Gasteiger partial charge in [-0.05, 0) is 17.7 Å². The fourth-order valence-electron chi connectivity index (χ4n) is 3.46. The van der Waals surface area contributed by atoms with Gasteiger partial charge in [-0.3, -0.25) is 4.79 Å². The zero-order chi connectivity index (χ0) is 16.5. The van der Waals surface area contributed by atoms with Crippen LogP contribution in [0.1, 0.15) is 33.7 Å². The van der Waals surface area contributed by atoms with Gasteiger partial charge in [0.05, 0.1) is 0 Å². The lowest BCUT2D eigenvalue weighted by Crippen LogP contribution is -2.30. The van der Waals surface area contributed by atoms with Gasteiger partial charge >= 0.3 is 0 Å². The van der Waals surface area contributed by atoms with Crippen LogP contribution in [0.3, 0.4) is 0 Å². The summed E-state index contributed by atoms with van der Waals surface area (Å²) < 4.78 is 6.78. The number of rotatable bonds is 3. The third-order valence-corrected chi connectivity index (χ3v) is 4.71. The van der Waals surface area contributed by atoms with Crippen LogP contribution in [0, 0.1) is 0 Å². The number of carbonyl (C=O) groups is 1. The Morgan fingerprint density at radius 3 is 2.58 bits per heavy atom. The third kappa shape index (κ3) is 2.50. The minimum Gasteiger partial charge on any atom is -0.347 e. The lowest BCUT2D eigenvalue weighted by Gasteiger charge is -2.17. The predicted molar refractivity (Wildman–Crippen MR) is 87.5 cm³/mol. The molecule has 1 aliphatic heterocycles. The van der Waals surface area contributed by atoms with E-state index in [4.69, 9.17) is 4.52 Å². The maximum Gasteiger partial charge on any atom is 0.270 e. The fraction of sp³-hybridized carbons (Fsp3) is 0.278. The fourth-order valence-corrected chi connectivity index (χ4v) is 3.46.